The second-order valence-electron chi connectivity index (χ2n) is 10.2. The zero-order valence-electron chi connectivity index (χ0n) is 21.5. The molecule has 1 unspecified atom stereocenters. The Bertz CT molecular complexity index is 1430. The third kappa shape index (κ3) is 5.39. The van der Waals surface area contributed by atoms with E-state index in [-0.39, 0.29) is 12.5 Å². The highest BCUT2D eigenvalue weighted by Gasteiger charge is 2.20. The summed E-state index contributed by atoms with van der Waals surface area (Å²) in [5.41, 5.74) is 4.32. The number of aliphatic hydroxyl groups excluding tert-OH is 1. The van der Waals surface area contributed by atoms with E-state index < -0.39 is 6.10 Å². The van der Waals surface area contributed by atoms with E-state index in [9.17, 15) is 9.90 Å². The predicted octanol–water partition coefficient (Wildman–Crippen LogP) is 2.95. The van der Waals surface area contributed by atoms with Crippen molar-refractivity contribution in [2.45, 2.75) is 38.5 Å². The largest absolute Gasteiger partial charge is 0.390 e. The highest BCUT2D eigenvalue weighted by Crippen LogP contribution is 2.22. The summed E-state index contributed by atoms with van der Waals surface area (Å²) in [6, 6.07) is 14.2. The third-order valence-electron chi connectivity index (χ3n) is 7.48. The minimum Gasteiger partial charge on any atom is -0.390 e. The standard InChI is InChI=1S/C29H33N7O2/c37-25(19-34-13-8-21-5-1-2-6-24(21)18-34)17-31-26-15-22(7-10-30-26)28-32-16-23-9-14-36(29(23)33-28)20-27(38)35-11-3-4-12-35/h1-2,5-7,9-10,14-16,25,37H,3-4,8,11-13,17-20H2,(H,30,31). The number of aliphatic hydroxyl groups is 1. The molecule has 196 valence electrons. The van der Waals surface area contributed by atoms with Crippen LogP contribution in [0.4, 0.5) is 5.82 Å². The van der Waals surface area contributed by atoms with Crippen molar-refractivity contribution in [1.82, 2.24) is 29.3 Å². The molecule has 1 saturated heterocycles. The lowest BCUT2D eigenvalue weighted by atomic mass is 10.00. The summed E-state index contributed by atoms with van der Waals surface area (Å²) in [7, 11) is 0. The van der Waals surface area contributed by atoms with Gasteiger partial charge in [-0.05, 0) is 48.6 Å². The lowest BCUT2D eigenvalue weighted by Gasteiger charge is -2.30. The van der Waals surface area contributed by atoms with Gasteiger partial charge in [0.25, 0.3) is 0 Å². The quantitative estimate of drug-likeness (QED) is 0.375. The van der Waals surface area contributed by atoms with Gasteiger partial charge in [-0.3, -0.25) is 9.69 Å². The van der Waals surface area contributed by atoms with Crippen molar-refractivity contribution in [3.8, 4) is 11.4 Å². The molecular formula is C29H33N7O2. The number of nitrogens with zero attached hydrogens (tertiary/aromatic N) is 6. The van der Waals surface area contributed by atoms with Gasteiger partial charge in [0.2, 0.25) is 5.91 Å². The van der Waals surface area contributed by atoms with Crippen LogP contribution in [0.1, 0.15) is 24.0 Å². The molecule has 0 spiro atoms. The highest BCUT2D eigenvalue weighted by molar-refractivity contribution is 5.81. The molecule has 38 heavy (non-hydrogen) atoms. The predicted molar refractivity (Wildman–Crippen MR) is 146 cm³/mol. The number of benzene rings is 1. The first-order valence-corrected chi connectivity index (χ1v) is 13.4. The molecular weight excluding hydrogens is 478 g/mol. The normalized spacial score (nSPS) is 16.5. The fourth-order valence-corrected chi connectivity index (χ4v) is 5.41. The SMILES string of the molecule is O=C(Cn1ccc2cnc(-c3ccnc(NCC(O)CN4CCc5ccccc5C4)c3)nc21)N1CCCC1. The van der Waals surface area contributed by atoms with E-state index in [0.29, 0.717) is 24.7 Å². The van der Waals surface area contributed by atoms with Crippen molar-refractivity contribution in [2.75, 3.05) is 38.0 Å². The van der Waals surface area contributed by atoms with Crippen molar-refractivity contribution >= 4 is 22.8 Å². The summed E-state index contributed by atoms with van der Waals surface area (Å²) in [6.07, 6.45) is 8.06. The summed E-state index contributed by atoms with van der Waals surface area (Å²) in [5, 5.41) is 14.8. The molecule has 5 heterocycles. The van der Waals surface area contributed by atoms with Gasteiger partial charge in [-0.15, -0.1) is 0 Å². The van der Waals surface area contributed by atoms with Crippen molar-refractivity contribution in [2.24, 2.45) is 0 Å². The summed E-state index contributed by atoms with van der Waals surface area (Å²) in [4.78, 5) is 30.7. The van der Waals surface area contributed by atoms with Crippen molar-refractivity contribution < 1.29 is 9.90 Å². The van der Waals surface area contributed by atoms with Gasteiger partial charge in [-0.2, -0.15) is 0 Å². The van der Waals surface area contributed by atoms with Crippen LogP contribution >= 0.6 is 0 Å². The molecule has 1 atom stereocenters. The van der Waals surface area contributed by atoms with E-state index in [1.807, 2.05) is 33.9 Å². The first kappa shape index (κ1) is 24.5. The van der Waals surface area contributed by atoms with Gasteiger partial charge in [0.05, 0.1) is 6.10 Å². The van der Waals surface area contributed by atoms with E-state index in [1.54, 1.807) is 12.4 Å². The number of anilines is 1. The Morgan fingerprint density at radius 1 is 1.05 bits per heavy atom. The molecule has 9 nitrogen and oxygen atoms in total. The molecule has 3 aromatic heterocycles. The van der Waals surface area contributed by atoms with E-state index in [4.69, 9.17) is 4.98 Å². The molecule has 2 aliphatic rings. The Labute approximate surface area is 222 Å². The Morgan fingerprint density at radius 2 is 1.89 bits per heavy atom. The molecule has 1 amide bonds. The van der Waals surface area contributed by atoms with Gasteiger partial charge >= 0.3 is 0 Å². The topological polar surface area (TPSA) is 99.4 Å². The molecule has 6 rings (SSSR count). The Morgan fingerprint density at radius 3 is 2.76 bits per heavy atom. The number of aromatic nitrogens is 4. The van der Waals surface area contributed by atoms with E-state index in [0.717, 1.165) is 62.0 Å². The van der Waals surface area contributed by atoms with Gasteiger partial charge < -0.3 is 19.9 Å². The van der Waals surface area contributed by atoms with Crippen LogP contribution in [0.25, 0.3) is 22.4 Å². The molecule has 0 aliphatic carbocycles. The maximum atomic E-state index is 12.7. The number of likely N-dealkylation sites (tertiary alicyclic amines) is 1. The number of pyridine rings is 1. The summed E-state index contributed by atoms with van der Waals surface area (Å²) >= 11 is 0. The van der Waals surface area contributed by atoms with Gasteiger partial charge in [-0.25, -0.2) is 15.0 Å². The van der Waals surface area contributed by atoms with Crippen LogP contribution in [0.5, 0.6) is 0 Å². The van der Waals surface area contributed by atoms with Crippen LogP contribution in [-0.4, -0.2) is 79.2 Å². The Balaban J connectivity index is 1.09. The lowest BCUT2D eigenvalue weighted by Crippen LogP contribution is -2.39. The number of hydrogen-bond acceptors (Lipinski definition) is 7. The number of β-amino-alcohol motifs (C(OH)–C–C–N with tert-alkyl or cyclic N) is 1. The molecule has 0 saturated carbocycles. The molecule has 2 N–H and O–H groups in total. The molecule has 2 aliphatic heterocycles. The highest BCUT2D eigenvalue weighted by atomic mass is 16.3. The average Bonchev–Trinajstić information content (AvgIpc) is 3.63. The smallest absolute Gasteiger partial charge is 0.242 e. The van der Waals surface area contributed by atoms with Crippen LogP contribution in [-0.2, 0) is 24.3 Å². The van der Waals surface area contributed by atoms with Gasteiger partial charge in [0, 0.05) is 68.8 Å². The van der Waals surface area contributed by atoms with Crippen LogP contribution in [0, 0.1) is 0 Å². The molecule has 1 fully saturated rings. The summed E-state index contributed by atoms with van der Waals surface area (Å²) < 4.78 is 1.90. The number of carbonyl (C=O) groups excluding carboxylic acids is 1. The zero-order valence-corrected chi connectivity index (χ0v) is 21.5. The van der Waals surface area contributed by atoms with Gasteiger partial charge in [-0.1, -0.05) is 24.3 Å². The van der Waals surface area contributed by atoms with Crippen LogP contribution in [0.2, 0.25) is 0 Å². The molecule has 4 aromatic rings. The minimum atomic E-state index is -0.519. The number of carbonyl (C=O) groups is 1. The van der Waals surface area contributed by atoms with Crippen molar-refractivity contribution in [3.63, 3.8) is 0 Å². The zero-order chi connectivity index (χ0) is 25.9. The fourth-order valence-electron chi connectivity index (χ4n) is 5.41. The van der Waals surface area contributed by atoms with Crippen LogP contribution in [0.15, 0.2) is 61.1 Å². The minimum absolute atomic E-state index is 0.128. The number of fused-ring (bicyclic) bond motifs is 2. The van der Waals surface area contributed by atoms with Crippen LogP contribution in [0.3, 0.4) is 0 Å². The summed E-state index contributed by atoms with van der Waals surface area (Å²) in [5.74, 6) is 1.36. The molecule has 0 radical (unpaired) electrons. The summed E-state index contributed by atoms with van der Waals surface area (Å²) in [6.45, 7) is 4.78. The Hall–Kier alpha value is -3.82. The first-order chi connectivity index (χ1) is 18.6. The molecule has 0 bridgehead atoms. The van der Waals surface area contributed by atoms with Gasteiger partial charge in [0.15, 0.2) is 5.82 Å². The monoisotopic (exact) mass is 511 g/mol. The van der Waals surface area contributed by atoms with Gasteiger partial charge in [0.1, 0.15) is 18.0 Å². The second kappa shape index (κ2) is 10.9. The van der Waals surface area contributed by atoms with Crippen molar-refractivity contribution in [1.29, 1.82) is 0 Å². The van der Waals surface area contributed by atoms with Crippen molar-refractivity contribution in [3.05, 3.63) is 72.2 Å². The second-order valence-corrected chi connectivity index (χ2v) is 10.2. The average molecular weight is 512 g/mol. The third-order valence-corrected chi connectivity index (χ3v) is 7.48. The maximum absolute atomic E-state index is 12.7. The molecule has 1 aromatic carbocycles. The number of amides is 1. The lowest BCUT2D eigenvalue weighted by molar-refractivity contribution is -0.130. The van der Waals surface area contributed by atoms with E-state index in [2.05, 4.69) is 44.5 Å². The molecule has 9 heteroatoms. The van der Waals surface area contributed by atoms with E-state index in [1.165, 1.54) is 11.1 Å². The number of hydrogen-bond donors (Lipinski definition) is 2. The van der Waals surface area contributed by atoms with Crippen LogP contribution < -0.4 is 5.32 Å². The Kier molecular flexibility index (Phi) is 7.02. The fraction of sp³-hybridized carbons (Fsp3) is 0.379. The number of nitrogens with one attached hydrogen (secondary N) is 1. The first-order valence-electron chi connectivity index (χ1n) is 13.4. The number of rotatable bonds is 8. The maximum Gasteiger partial charge on any atom is 0.242 e. The van der Waals surface area contributed by atoms with E-state index >= 15 is 0 Å².